The van der Waals surface area contributed by atoms with Gasteiger partial charge in [-0.25, -0.2) is 0 Å². The largest absolute Gasteiger partial charge is 0.406 e. The van der Waals surface area contributed by atoms with E-state index in [-0.39, 0.29) is 5.54 Å². The van der Waals surface area contributed by atoms with E-state index >= 15 is 0 Å². The fraction of sp³-hybridized carbons (Fsp3) is 0.500. The van der Waals surface area contributed by atoms with E-state index in [1.807, 2.05) is 17.0 Å². The summed E-state index contributed by atoms with van der Waals surface area (Å²) in [5.74, 6) is 0.604. The third-order valence-electron chi connectivity index (χ3n) is 3.18. The Morgan fingerprint density at radius 3 is 2.52 bits per heavy atom. The molecule has 0 saturated heterocycles. The lowest BCUT2D eigenvalue weighted by Gasteiger charge is -2.20. The van der Waals surface area contributed by atoms with Crippen LogP contribution in [-0.2, 0) is 6.54 Å². The normalized spacial score (nSPS) is 11.7. The zero-order chi connectivity index (χ0) is 15.5. The van der Waals surface area contributed by atoms with E-state index in [2.05, 4.69) is 62.3 Å². The molecule has 21 heavy (non-hydrogen) atoms. The van der Waals surface area contributed by atoms with Crippen LogP contribution in [-0.4, -0.2) is 22.3 Å². The molecule has 0 aliphatic heterocycles. The summed E-state index contributed by atoms with van der Waals surface area (Å²) in [6.45, 7) is 11.8. The van der Waals surface area contributed by atoms with E-state index in [1.165, 1.54) is 5.56 Å². The van der Waals surface area contributed by atoms with Crippen LogP contribution in [0.15, 0.2) is 28.7 Å². The number of nitrogens with one attached hydrogen (secondary N) is 1. The van der Waals surface area contributed by atoms with Crippen LogP contribution in [0.3, 0.4) is 0 Å². The molecule has 0 unspecified atom stereocenters. The van der Waals surface area contributed by atoms with Crippen molar-refractivity contribution in [2.45, 2.75) is 46.7 Å². The summed E-state index contributed by atoms with van der Waals surface area (Å²) in [4.78, 5) is 2.03. The van der Waals surface area contributed by atoms with Gasteiger partial charge in [-0.3, -0.25) is 4.90 Å². The number of anilines is 2. The summed E-state index contributed by atoms with van der Waals surface area (Å²) in [5.41, 5.74) is 2.31. The molecule has 0 saturated carbocycles. The van der Waals surface area contributed by atoms with Gasteiger partial charge in [0.25, 0.3) is 0 Å². The molecule has 0 bridgehead atoms. The third-order valence-corrected chi connectivity index (χ3v) is 3.18. The van der Waals surface area contributed by atoms with Crippen LogP contribution in [0.4, 0.5) is 11.7 Å². The molecule has 1 aromatic carbocycles. The van der Waals surface area contributed by atoms with Gasteiger partial charge in [0, 0.05) is 17.8 Å². The van der Waals surface area contributed by atoms with Gasteiger partial charge in [0.05, 0.1) is 6.54 Å². The first-order valence-electron chi connectivity index (χ1n) is 7.31. The lowest BCUT2D eigenvalue weighted by Crippen LogP contribution is -2.35. The summed E-state index contributed by atoms with van der Waals surface area (Å²) in [6.07, 6.45) is 0. The first-order chi connectivity index (χ1) is 9.90. The van der Waals surface area contributed by atoms with Gasteiger partial charge in [0.1, 0.15) is 0 Å². The molecule has 5 nitrogen and oxygen atoms in total. The number of rotatable bonds is 5. The second-order valence-corrected chi connectivity index (χ2v) is 6.11. The Labute approximate surface area is 126 Å². The molecule has 0 atom stereocenters. The molecule has 0 aliphatic rings. The second-order valence-electron chi connectivity index (χ2n) is 6.11. The Morgan fingerprint density at radius 2 is 1.90 bits per heavy atom. The topological polar surface area (TPSA) is 54.2 Å². The molecule has 0 fully saturated rings. The monoisotopic (exact) mass is 288 g/mol. The average molecular weight is 288 g/mol. The minimum absolute atomic E-state index is 0.0229. The molecule has 1 N–H and O–H groups in total. The Kier molecular flexibility index (Phi) is 4.63. The summed E-state index contributed by atoms with van der Waals surface area (Å²) in [6, 6.07) is 8.73. The molecule has 0 radical (unpaired) electrons. The van der Waals surface area contributed by atoms with Crippen molar-refractivity contribution in [2.24, 2.45) is 0 Å². The summed E-state index contributed by atoms with van der Waals surface area (Å²) in [7, 11) is 0. The SMILES string of the molecule is CCN(c1nnc(CNC(C)(C)C)o1)c1ccccc1C. The maximum absolute atomic E-state index is 5.78. The van der Waals surface area contributed by atoms with Crippen molar-refractivity contribution >= 4 is 11.7 Å². The molecule has 0 amide bonds. The first-order valence-corrected chi connectivity index (χ1v) is 7.31. The highest BCUT2D eigenvalue weighted by Gasteiger charge is 2.17. The molecular formula is C16H24N4O. The summed E-state index contributed by atoms with van der Waals surface area (Å²) in [5, 5.41) is 11.6. The Morgan fingerprint density at radius 1 is 1.19 bits per heavy atom. The minimum Gasteiger partial charge on any atom is -0.406 e. The van der Waals surface area contributed by atoms with Gasteiger partial charge >= 0.3 is 6.01 Å². The van der Waals surface area contributed by atoms with Gasteiger partial charge in [-0.15, -0.1) is 5.10 Å². The van der Waals surface area contributed by atoms with Crippen LogP contribution in [0.1, 0.15) is 39.1 Å². The molecule has 2 aromatic rings. The van der Waals surface area contributed by atoms with Crippen LogP contribution < -0.4 is 10.2 Å². The van der Waals surface area contributed by atoms with Crippen LogP contribution >= 0.6 is 0 Å². The van der Waals surface area contributed by atoms with Gasteiger partial charge in [-0.2, -0.15) is 0 Å². The van der Waals surface area contributed by atoms with Gasteiger partial charge in [-0.1, -0.05) is 23.3 Å². The Balaban J connectivity index is 2.17. The average Bonchev–Trinajstić information content (AvgIpc) is 2.87. The highest BCUT2D eigenvalue weighted by Crippen LogP contribution is 2.26. The Hall–Kier alpha value is -1.88. The zero-order valence-electron chi connectivity index (χ0n) is 13.5. The predicted molar refractivity (Wildman–Crippen MR) is 84.7 cm³/mol. The lowest BCUT2D eigenvalue weighted by atomic mass is 10.1. The fourth-order valence-electron chi connectivity index (χ4n) is 2.04. The molecule has 2 rings (SSSR count). The number of para-hydroxylation sites is 1. The highest BCUT2D eigenvalue weighted by atomic mass is 16.4. The van der Waals surface area contributed by atoms with Gasteiger partial charge in [0.15, 0.2) is 0 Å². The number of aromatic nitrogens is 2. The highest BCUT2D eigenvalue weighted by molar-refractivity contribution is 5.60. The summed E-state index contributed by atoms with van der Waals surface area (Å²) >= 11 is 0. The number of benzene rings is 1. The molecule has 1 aromatic heterocycles. The number of hydrogen-bond donors (Lipinski definition) is 1. The number of hydrogen-bond acceptors (Lipinski definition) is 5. The zero-order valence-corrected chi connectivity index (χ0v) is 13.5. The Bertz CT molecular complexity index is 586. The van der Waals surface area contributed by atoms with E-state index in [4.69, 9.17) is 4.42 Å². The van der Waals surface area contributed by atoms with Crippen molar-refractivity contribution in [1.29, 1.82) is 0 Å². The van der Waals surface area contributed by atoms with Crippen LogP contribution in [0.25, 0.3) is 0 Å². The van der Waals surface area contributed by atoms with Crippen LogP contribution in [0.5, 0.6) is 0 Å². The molecule has 1 heterocycles. The molecule has 0 spiro atoms. The van der Waals surface area contributed by atoms with Crippen molar-refractivity contribution in [3.8, 4) is 0 Å². The second kappa shape index (κ2) is 6.26. The molecule has 0 aliphatic carbocycles. The lowest BCUT2D eigenvalue weighted by molar-refractivity contribution is 0.382. The van der Waals surface area contributed by atoms with E-state index in [0.29, 0.717) is 18.5 Å². The van der Waals surface area contributed by atoms with Crippen molar-refractivity contribution in [3.05, 3.63) is 35.7 Å². The predicted octanol–water partition coefficient (Wildman–Crippen LogP) is 3.42. The maximum atomic E-state index is 5.78. The smallest absolute Gasteiger partial charge is 0.322 e. The van der Waals surface area contributed by atoms with Crippen molar-refractivity contribution < 1.29 is 4.42 Å². The van der Waals surface area contributed by atoms with Crippen molar-refractivity contribution in [3.63, 3.8) is 0 Å². The van der Waals surface area contributed by atoms with E-state index in [0.717, 1.165) is 12.2 Å². The maximum Gasteiger partial charge on any atom is 0.322 e. The van der Waals surface area contributed by atoms with Gasteiger partial charge in [0.2, 0.25) is 5.89 Å². The van der Waals surface area contributed by atoms with Crippen molar-refractivity contribution in [2.75, 3.05) is 11.4 Å². The molecular weight excluding hydrogens is 264 g/mol. The summed E-state index contributed by atoms with van der Waals surface area (Å²) < 4.78 is 5.78. The van der Waals surface area contributed by atoms with Crippen molar-refractivity contribution in [1.82, 2.24) is 15.5 Å². The molecule has 114 valence electrons. The quantitative estimate of drug-likeness (QED) is 0.913. The third kappa shape index (κ3) is 4.04. The van der Waals surface area contributed by atoms with E-state index in [1.54, 1.807) is 0 Å². The van der Waals surface area contributed by atoms with Gasteiger partial charge < -0.3 is 9.73 Å². The van der Waals surface area contributed by atoms with E-state index < -0.39 is 0 Å². The number of nitrogens with zero attached hydrogens (tertiary/aromatic N) is 3. The van der Waals surface area contributed by atoms with E-state index in [9.17, 15) is 0 Å². The fourth-order valence-corrected chi connectivity index (χ4v) is 2.04. The standard InChI is InChI=1S/C16H24N4O/c1-6-20(13-10-8-7-9-12(13)2)15-19-18-14(21-15)11-17-16(3,4)5/h7-10,17H,6,11H2,1-5H3. The minimum atomic E-state index is 0.0229. The first kappa shape index (κ1) is 15.5. The molecule has 5 heteroatoms. The number of aryl methyl sites for hydroxylation is 1. The van der Waals surface area contributed by atoms with Crippen LogP contribution in [0, 0.1) is 6.92 Å². The van der Waals surface area contributed by atoms with Gasteiger partial charge in [-0.05, 0) is 46.2 Å². The van der Waals surface area contributed by atoms with Crippen LogP contribution in [0.2, 0.25) is 0 Å².